The number of nitrogens with zero attached hydrogens (tertiary/aromatic N) is 1. The third-order valence-corrected chi connectivity index (χ3v) is 9.28. The average molecular weight is 413 g/mol. The van der Waals surface area contributed by atoms with Crippen LogP contribution in [0.5, 0.6) is 0 Å². The fourth-order valence-corrected chi connectivity index (χ4v) is 8.24. The van der Waals surface area contributed by atoms with Crippen LogP contribution in [0.25, 0.3) is 58.9 Å². The molecule has 0 N–H and O–H groups in total. The van der Waals surface area contributed by atoms with Crippen molar-refractivity contribution in [3.8, 4) is 5.30 Å². The molecule has 0 spiro atoms. The second-order valence-corrected chi connectivity index (χ2v) is 10.4. The van der Waals surface area contributed by atoms with E-state index in [0.29, 0.717) is 0 Å². The van der Waals surface area contributed by atoms with E-state index in [1.54, 1.807) is 0 Å². The Bertz CT molecular complexity index is 1780. The highest BCUT2D eigenvalue weighted by molar-refractivity contribution is 7.68. The number of aromatic nitrogens is 1. The highest BCUT2D eigenvalue weighted by atomic mass is 31.1. The van der Waals surface area contributed by atoms with Gasteiger partial charge in [0, 0.05) is 39.0 Å². The van der Waals surface area contributed by atoms with E-state index < -0.39 is 7.53 Å². The molecule has 2 aromatic heterocycles. The van der Waals surface area contributed by atoms with Crippen LogP contribution in [0.4, 0.5) is 0 Å². The third kappa shape index (κ3) is 2.17. The predicted octanol–water partition coefficient (Wildman–Crippen LogP) is 8.77. The number of hydrogen-bond acceptors (Lipinski definition) is 0. The Labute approximate surface area is 181 Å². The Morgan fingerprint density at radius 2 is 1.16 bits per heavy atom. The lowest BCUT2D eigenvalue weighted by Crippen LogP contribution is -1.87. The van der Waals surface area contributed by atoms with Crippen molar-refractivity contribution in [2.45, 2.75) is 0 Å². The van der Waals surface area contributed by atoms with Gasteiger partial charge in [-0.25, -0.2) is 0 Å². The van der Waals surface area contributed by atoms with Crippen molar-refractivity contribution in [2.24, 2.45) is 7.05 Å². The molecule has 0 fully saturated rings. The summed E-state index contributed by atoms with van der Waals surface area (Å²) < 4.78 is 2.41. The molecule has 0 bridgehead atoms. The molecule has 1 nitrogen and oxygen atoms in total. The van der Waals surface area contributed by atoms with Crippen LogP contribution in [-0.4, -0.2) is 4.57 Å². The van der Waals surface area contributed by atoms with Crippen LogP contribution in [0, 0.1) is 0 Å². The van der Waals surface area contributed by atoms with Gasteiger partial charge in [0.05, 0.1) is 5.52 Å². The van der Waals surface area contributed by atoms with Crippen molar-refractivity contribution in [2.75, 3.05) is 0 Å². The first-order chi connectivity index (χ1) is 15.3. The summed E-state index contributed by atoms with van der Waals surface area (Å²) in [6, 6.07) is 38.0. The molecule has 1 atom stereocenters. The molecular formula is C29H20NP. The minimum absolute atomic E-state index is 0.600. The SMILES string of the molecule is Cn1c2ccccc2c2c3ccccc3c3c(c4ccccc4p3-c3ccccc3)c21. The van der Waals surface area contributed by atoms with Crippen LogP contribution in [0.3, 0.4) is 0 Å². The smallest absolute Gasteiger partial charge is 0.0584 e. The maximum absolute atomic E-state index is 2.41. The molecule has 0 saturated heterocycles. The predicted molar refractivity (Wildman–Crippen MR) is 137 cm³/mol. The molecule has 0 aliphatic heterocycles. The lowest BCUT2D eigenvalue weighted by molar-refractivity contribution is 1.02. The van der Waals surface area contributed by atoms with Crippen LogP contribution >= 0.6 is 7.53 Å². The second-order valence-electron chi connectivity index (χ2n) is 8.26. The Kier molecular flexibility index (Phi) is 3.45. The van der Waals surface area contributed by atoms with Crippen LogP contribution in [0.2, 0.25) is 0 Å². The number of aryl methyl sites for hydroxylation is 1. The molecule has 31 heavy (non-hydrogen) atoms. The van der Waals surface area contributed by atoms with Gasteiger partial charge in [-0.1, -0.05) is 105 Å². The Morgan fingerprint density at radius 1 is 0.548 bits per heavy atom. The average Bonchev–Trinajstić information content (AvgIpc) is 3.33. The quantitative estimate of drug-likeness (QED) is 0.253. The van der Waals surface area contributed by atoms with Gasteiger partial charge in [-0.3, -0.25) is 0 Å². The molecule has 0 aliphatic rings. The molecule has 2 heterocycles. The van der Waals surface area contributed by atoms with Crippen molar-refractivity contribution < 1.29 is 0 Å². The molecule has 1 unspecified atom stereocenters. The van der Waals surface area contributed by atoms with Crippen molar-refractivity contribution in [1.82, 2.24) is 4.57 Å². The van der Waals surface area contributed by atoms with Crippen molar-refractivity contribution in [3.05, 3.63) is 103 Å². The van der Waals surface area contributed by atoms with Crippen molar-refractivity contribution >= 4 is 61.1 Å². The standard InChI is InChI=1S/C29H20NP/c1-30-24-17-9-7-15-22(24)26-20-13-5-6-14-21(20)29-27(28(26)30)23-16-8-10-18-25(23)31(29)19-11-3-2-4-12-19/h2-18H,1H3. The molecule has 0 radical (unpaired) electrons. The number of hydrogen-bond donors (Lipinski definition) is 0. The summed E-state index contributed by atoms with van der Waals surface area (Å²) in [5.41, 5.74) is 2.66. The number of benzene rings is 5. The van der Waals surface area contributed by atoms with Gasteiger partial charge in [-0.15, -0.1) is 0 Å². The number of fused-ring (bicyclic) bond motifs is 10. The fraction of sp³-hybridized carbons (Fsp3) is 0.0345. The Balaban J connectivity index is 1.91. The molecule has 146 valence electrons. The van der Waals surface area contributed by atoms with Gasteiger partial charge in [-0.2, -0.15) is 0 Å². The summed E-state index contributed by atoms with van der Waals surface area (Å²) >= 11 is 0. The van der Waals surface area contributed by atoms with Gasteiger partial charge >= 0.3 is 0 Å². The van der Waals surface area contributed by atoms with Gasteiger partial charge < -0.3 is 4.57 Å². The molecule has 0 aliphatic carbocycles. The van der Waals surface area contributed by atoms with Gasteiger partial charge in [0.15, 0.2) is 0 Å². The fourth-order valence-electron chi connectivity index (χ4n) is 5.45. The molecule has 5 aromatic carbocycles. The molecule has 0 saturated carbocycles. The van der Waals surface area contributed by atoms with E-state index in [9.17, 15) is 0 Å². The van der Waals surface area contributed by atoms with E-state index in [1.165, 1.54) is 58.9 Å². The largest absolute Gasteiger partial charge is 0.343 e. The molecule has 2 heteroatoms. The first kappa shape index (κ1) is 17.2. The first-order valence-electron chi connectivity index (χ1n) is 10.7. The zero-order valence-corrected chi connectivity index (χ0v) is 18.1. The minimum atomic E-state index is -0.600. The summed E-state index contributed by atoms with van der Waals surface area (Å²) in [5, 5.41) is 12.7. The lowest BCUT2D eigenvalue weighted by atomic mass is 10.00. The topological polar surface area (TPSA) is 4.93 Å². The molecule has 7 rings (SSSR count). The van der Waals surface area contributed by atoms with Crippen LogP contribution in [-0.2, 0) is 7.05 Å². The Hall–Kier alpha value is -3.54. The maximum atomic E-state index is 2.41. The van der Waals surface area contributed by atoms with E-state index in [0.717, 1.165) is 0 Å². The van der Waals surface area contributed by atoms with Crippen molar-refractivity contribution in [1.29, 1.82) is 0 Å². The zero-order chi connectivity index (χ0) is 20.5. The van der Waals surface area contributed by atoms with E-state index in [4.69, 9.17) is 0 Å². The highest BCUT2D eigenvalue weighted by Gasteiger charge is 2.22. The van der Waals surface area contributed by atoms with Gasteiger partial charge in [0.2, 0.25) is 0 Å². The minimum Gasteiger partial charge on any atom is -0.343 e. The monoisotopic (exact) mass is 413 g/mol. The van der Waals surface area contributed by atoms with Gasteiger partial charge in [0.1, 0.15) is 0 Å². The summed E-state index contributed by atoms with van der Waals surface area (Å²) in [7, 11) is 1.63. The summed E-state index contributed by atoms with van der Waals surface area (Å²) in [6.07, 6.45) is 0. The highest BCUT2D eigenvalue weighted by Crippen LogP contribution is 2.59. The number of rotatable bonds is 1. The van der Waals surface area contributed by atoms with Crippen LogP contribution in [0.1, 0.15) is 0 Å². The Morgan fingerprint density at radius 3 is 1.97 bits per heavy atom. The second kappa shape index (κ2) is 6.23. The van der Waals surface area contributed by atoms with E-state index in [2.05, 4.69) is 115 Å². The lowest BCUT2D eigenvalue weighted by Gasteiger charge is -2.09. The van der Waals surface area contributed by atoms with Crippen LogP contribution < -0.4 is 0 Å². The van der Waals surface area contributed by atoms with Crippen molar-refractivity contribution in [3.63, 3.8) is 0 Å². The first-order valence-corrected chi connectivity index (χ1v) is 12.0. The zero-order valence-electron chi connectivity index (χ0n) is 17.2. The summed E-state index contributed by atoms with van der Waals surface area (Å²) in [5.74, 6) is 0. The summed E-state index contributed by atoms with van der Waals surface area (Å²) in [4.78, 5) is 0. The molecule has 7 aromatic rings. The van der Waals surface area contributed by atoms with Gasteiger partial charge in [0.25, 0.3) is 0 Å². The van der Waals surface area contributed by atoms with Gasteiger partial charge in [-0.05, 0) is 27.5 Å². The van der Waals surface area contributed by atoms with E-state index in [1.807, 2.05) is 0 Å². The summed E-state index contributed by atoms with van der Waals surface area (Å²) in [6.45, 7) is 0. The van der Waals surface area contributed by atoms with E-state index >= 15 is 0 Å². The maximum Gasteiger partial charge on any atom is 0.0584 e. The molecule has 0 amide bonds. The van der Waals surface area contributed by atoms with Crippen LogP contribution in [0.15, 0.2) is 103 Å². The normalized spacial score (nSPS) is 12.6. The number of para-hydroxylation sites is 1. The molecular weight excluding hydrogens is 393 g/mol. The van der Waals surface area contributed by atoms with E-state index in [-0.39, 0.29) is 0 Å². The third-order valence-electron chi connectivity index (χ3n) is 6.68.